The minimum atomic E-state index is -0.00523. The van der Waals surface area contributed by atoms with Crippen molar-refractivity contribution in [2.24, 2.45) is 7.05 Å². The molecule has 0 aliphatic carbocycles. The van der Waals surface area contributed by atoms with Crippen molar-refractivity contribution >= 4 is 5.78 Å². The number of carbonyl (C=O) groups excluding carboxylic acids is 1. The van der Waals surface area contributed by atoms with Gasteiger partial charge in [-0.05, 0) is 12.1 Å². The molecule has 0 unspecified atom stereocenters. The molecule has 1 rings (SSSR count). The lowest BCUT2D eigenvalue weighted by Gasteiger charge is -2.01. The molecule has 3 nitrogen and oxygen atoms in total. The highest BCUT2D eigenvalue weighted by Gasteiger charge is 2.07. The van der Waals surface area contributed by atoms with Gasteiger partial charge in [-0.3, -0.25) is 4.79 Å². The van der Waals surface area contributed by atoms with E-state index in [9.17, 15) is 4.79 Å². The summed E-state index contributed by atoms with van der Waals surface area (Å²) in [6, 6.07) is 3.61. The van der Waals surface area contributed by atoms with Crippen LogP contribution < -0.4 is 0 Å². The van der Waals surface area contributed by atoms with E-state index in [1.165, 1.54) is 0 Å². The maximum Gasteiger partial charge on any atom is 0.204 e. The van der Waals surface area contributed by atoms with E-state index < -0.39 is 0 Å². The minimum Gasteiger partial charge on any atom is -0.369 e. The van der Waals surface area contributed by atoms with Crippen molar-refractivity contribution in [2.45, 2.75) is 0 Å². The summed E-state index contributed by atoms with van der Waals surface area (Å²) in [6.07, 6.45) is 3.46. The second-order valence-corrected chi connectivity index (χ2v) is 2.73. The van der Waals surface area contributed by atoms with E-state index in [1.807, 2.05) is 19.3 Å². The zero-order valence-electron chi connectivity index (χ0n) is 7.69. The monoisotopic (exact) mass is 179 g/mol. The number of Topliss-reactive ketones (excluding diaryl/α,β-unsaturated/α-hetero) is 1. The summed E-state index contributed by atoms with van der Waals surface area (Å²) in [5, 5.41) is 0. The van der Waals surface area contributed by atoms with Crippen molar-refractivity contribution in [1.82, 2.24) is 4.57 Å². The fourth-order valence-electron chi connectivity index (χ4n) is 1.06. The van der Waals surface area contributed by atoms with Gasteiger partial charge in [0, 0.05) is 13.2 Å². The molecule has 1 aromatic rings. The van der Waals surface area contributed by atoms with Crippen LogP contribution in [0.1, 0.15) is 10.5 Å². The molecule has 13 heavy (non-hydrogen) atoms. The quantitative estimate of drug-likeness (QED) is 0.389. The summed E-state index contributed by atoms with van der Waals surface area (Å²) in [6.45, 7) is 4.02. The zero-order chi connectivity index (χ0) is 9.68. The molecular formula is C10H13NO2. The molecule has 0 fully saturated rings. The number of ketones is 1. The van der Waals surface area contributed by atoms with Crippen molar-refractivity contribution < 1.29 is 9.53 Å². The average Bonchev–Trinajstić information content (AvgIpc) is 2.52. The van der Waals surface area contributed by atoms with Crippen molar-refractivity contribution in [3.05, 3.63) is 36.7 Å². The fourth-order valence-corrected chi connectivity index (χ4v) is 1.06. The Morgan fingerprint density at radius 2 is 2.54 bits per heavy atom. The third kappa shape index (κ3) is 2.56. The van der Waals surface area contributed by atoms with Crippen LogP contribution in [0.25, 0.3) is 0 Å². The number of aromatic nitrogens is 1. The van der Waals surface area contributed by atoms with E-state index in [0.717, 1.165) is 0 Å². The zero-order valence-corrected chi connectivity index (χ0v) is 7.69. The average molecular weight is 179 g/mol. The molecule has 0 amide bonds. The van der Waals surface area contributed by atoms with Gasteiger partial charge in [0.2, 0.25) is 5.78 Å². The third-order valence-corrected chi connectivity index (χ3v) is 1.70. The Labute approximate surface area is 77.6 Å². The number of rotatable bonds is 5. The molecule has 0 saturated heterocycles. The maximum absolute atomic E-state index is 11.4. The smallest absolute Gasteiger partial charge is 0.204 e. The lowest BCUT2D eigenvalue weighted by atomic mass is 10.3. The molecule has 0 spiro atoms. The first-order valence-corrected chi connectivity index (χ1v) is 4.09. The normalized spacial score (nSPS) is 9.92. The SMILES string of the molecule is C=CCOCC(=O)c1cccn1C. The Balaban J connectivity index is 2.49. The van der Waals surface area contributed by atoms with Crippen molar-refractivity contribution in [2.75, 3.05) is 13.2 Å². The van der Waals surface area contributed by atoms with E-state index >= 15 is 0 Å². The molecule has 0 N–H and O–H groups in total. The van der Waals surface area contributed by atoms with Gasteiger partial charge in [0.25, 0.3) is 0 Å². The fraction of sp³-hybridized carbons (Fsp3) is 0.300. The van der Waals surface area contributed by atoms with Crippen LogP contribution in [0.2, 0.25) is 0 Å². The molecule has 3 heteroatoms. The van der Waals surface area contributed by atoms with Crippen LogP contribution in [0, 0.1) is 0 Å². The lowest BCUT2D eigenvalue weighted by molar-refractivity contribution is 0.0798. The predicted molar refractivity (Wildman–Crippen MR) is 50.8 cm³/mol. The van der Waals surface area contributed by atoms with Crippen molar-refractivity contribution in [1.29, 1.82) is 0 Å². The maximum atomic E-state index is 11.4. The van der Waals surface area contributed by atoms with E-state index in [-0.39, 0.29) is 12.4 Å². The van der Waals surface area contributed by atoms with Gasteiger partial charge in [0.15, 0.2) is 0 Å². The number of ether oxygens (including phenoxy) is 1. The molecule has 0 bridgehead atoms. The molecule has 0 aliphatic rings. The first kappa shape index (κ1) is 9.74. The number of aryl methyl sites for hydroxylation is 1. The number of nitrogens with zero attached hydrogens (tertiary/aromatic N) is 1. The first-order valence-electron chi connectivity index (χ1n) is 4.09. The Kier molecular flexibility index (Phi) is 3.46. The van der Waals surface area contributed by atoms with Crippen LogP contribution in [-0.2, 0) is 11.8 Å². The molecule has 0 aliphatic heterocycles. The Morgan fingerprint density at radius 1 is 1.77 bits per heavy atom. The predicted octanol–water partition coefficient (Wildman–Crippen LogP) is 1.41. The lowest BCUT2D eigenvalue weighted by Crippen LogP contribution is -2.12. The summed E-state index contributed by atoms with van der Waals surface area (Å²) in [5.74, 6) is -0.00523. The van der Waals surface area contributed by atoms with Gasteiger partial charge in [-0.25, -0.2) is 0 Å². The van der Waals surface area contributed by atoms with Gasteiger partial charge < -0.3 is 9.30 Å². The summed E-state index contributed by atoms with van der Waals surface area (Å²) < 4.78 is 6.82. The molecule has 0 saturated carbocycles. The highest BCUT2D eigenvalue weighted by atomic mass is 16.5. The Morgan fingerprint density at radius 3 is 3.08 bits per heavy atom. The van der Waals surface area contributed by atoms with Crippen LogP contribution >= 0.6 is 0 Å². The standard InChI is InChI=1S/C10H13NO2/c1-3-7-13-8-10(12)9-5-4-6-11(9)2/h3-6H,1,7-8H2,2H3. The van der Waals surface area contributed by atoms with E-state index in [1.54, 1.807) is 16.7 Å². The number of hydrogen-bond acceptors (Lipinski definition) is 2. The van der Waals surface area contributed by atoms with Gasteiger partial charge in [-0.1, -0.05) is 6.08 Å². The summed E-state index contributed by atoms with van der Waals surface area (Å²) in [5.41, 5.74) is 0.670. The summed E-state index contributed by atoms with van der Waals surface area (Å²) in [7, 11) is 1.83. The third-order valence-electron chi connectivity index (χ3n) is 1.70. The molecule has 1 heterocycles. The van der Waals surface area contributed by atoms with Crippen LogP contribution in [0.4, 0.5) is 0 Å². The summed E-state index contributed by atoms with van der Waals surface area (Å²) >= 11 is 0. The highest BCUT2D eigenvalue weighted by molar-refractivity contribution is 5.95. The second kappa shape index (κ2) is 4.62. The van der Waals surface area contributed by atoms with Crippen LogP contribution in [-0.4, -0.2) is 23.6 Å². The molecular weight excluding hydrogens is 166 g/mol. The van der Waals surface area contributed by atoms with Crippen LogP contribution in [0.3, 0.4) is 0 Å². The highest BCUT2D eigenvalue weighted by Crippen LogP contribution is 2.00. The van der Waals surface area contributed by atoms with Crippen LogP contribution in [0.15, 0.2) is 31.0 Å². The topological polar surface area (TPSA) is 31.2 Å². The molecule has 1 aromatic heterocycles. The Bertz CT molecular complexity index is 302. The molecule has 0 aromatic carbocycles. The minimum absolute atomic E-state index is 0.00523. The van der Waals surface area contributed by atoms with Gasteiger partial charge >= 0.3 is 0 Å². The van der Waals surface area contributed by atoms with E-state index in [2.05, 4.69) is 6.58 Å². The number of hydrogen-bond donors (Lipinski definition) is 0. The van der Waals surface area contributed by atoms with Gasteiger partial charge in [0.05, 0.1) is 12.3 Å². The van der Waals surface area contributed by atoms with Gasteiger partial charge in [0.1, 0.15) is 6.61 Å². The summed E-state index contributed by atoms with van der Waals surface area (Å²) in [4.78, 5) is 11.4. The first-order chi connectivity index (χ1) is 6.25. The molecule has 0 radical (unpaired) electrons. The van der Waals surface area contributed by atoms with Crippen molar-refractivity contribution in [3.63, 3.8) is 0 Å². The largest absolute Gasteiger partial charge is 0.369 e. The van der Waals surface area contributed by atoms with Gasteiger partial charge in [-0.2, -0.15) is 0 Å². The van der Waals surface area contributed by atoms with Crippen LogP contribution in [0.5, 0.6) is 0 Å². The molecule has 0 atom stereocenters. The molecule has 70 valence electrons. The second-order valence-electron chi connectivity index (χ2n) is 2.73. The van der Waals surface area contributed by atoms with E-state index in [0.29, 0.717) is 12.3 Å². The van der Waals surface area contributed by atoms with Crippen molar-refractivity contribution in [3.8, 4) is 0 Å². The number of carbonyl (C=O) groups is 1. The van der Waals surface area contributed by atoms with E-state index in [4.69, 9.17) is 4.74 Å². The Hall–Kier alpha value is -1.35. The van der Waals surface area contributed by atoms with Gasteiger partial charge in [-0.15, -0.1) is 6.58 Å².